The van der Waals surface area contributed by atoms with Crippen LogP contribution in [0.25, 0.3) is 4.85 Å². The van der Waals surface area contributed by atoms with Crippen LogP contribution in [0, 0.1) is 17.9 Å². The summed E-state index contributed by atoms with van der Waals surface area (Å²) in [6.07, 6.45) is 5.40. The Kier molecular flexibility index (Phi) is 4.73. The van der Waals surface area contributed by atoms with E-state index in [-0.39, 0.29) is 0 Å². The molecule has 0 aliphatic carbocycles. The fourth-order valence-electron chi connectivity index (χ4n) is 0.430. The molecule has 0 aromatic rings. The summed E-state index contributed by atoms with van der Waals surface area (Å²) >= 11 is 0. The predicted octanol–water partition coefficient (Wildman–Crippen LogP) is 2.28. The molecular formula is C8H8N2. The maximum atomic E-state index is 8.13. The van der Waals surface area contributed by atoms with Crippen LogP contribution in [0.2, 0.25) is 0 Å². The lowest BCUT2D eigenvalue weighted by Crippen LogP contribution is -1.64. The van der Waals surface area contributed by atoms with E-state index in [1.165, 1.54) is 0 Å². The van der Waals surface area contributed by atoms with Crippen LogP contribution >= 0.6 is 0 Å². The van der Waals surface area contributed by atoms with Crippen molar-refractivity contribution in [1.82, 2.24) is 0 Å². The van der Waals surface area contributed by atoms with E-state index in [1.807, 2.05) is 6.07 Å². The summed E-state index contributed by atoms with van der Waals surface area (Å²) in [5.41, 5.74) is 0.579. The van der Waals surface area contributed by atoms with Crippen molar-refractivity contribution in [3.63, 3.8) is 0 Å². The van der Waals surface area contributed by atoms with Crippen LogP contribution in [0.1, 0.15) is 13.3 Å². The van der Waals surface area contributed by atoms with Gasteiger partial charge in [0.15, 0.2) is 5.70 Å². The lowest BCUT2D eigenvalue weighted by atomic mass is 10.3. The molecule has 0 aromatic heterocycles. The zero-order valence-corrected chi connectivity index (χ0v) is 5.83. The fourth-order valence-corrected chi connectivity index (χ4v) is 0.430. The van der Waals surface area contributed by atoms with E-state index in [4.69, 9.17) is 11.8 Å². The molecule has 0 atom stereocenters. The molecule has 2 nitrogen and oxygen atoms in total. The van der Waals surface area contributed by atoms with Crippen molar-refractivity contribution in [3.8, 4) is 6.07 Å². The van der Waals surface area contributed by atoms with Gasteiger partial charge in [0, 0.05) is 0 Å². The van der Waals surface area contributed by atoms with Crippen LogP contribution in [0.5, 0.6) is 0 Å². The van der Waals surface area contributed by atoms with Crippen LogP contribution in [0.4, 0.5) is 0 Å². The summed E-state index contributed by atoms with van der Waals surface area (Å²) in [4.78, 5) is 3.19. The SMILES string of the molecule is [C-]#[N+]C(/C=C\CC#N)=C/C. The third-order valence-corrected chi connectivity index (χ3v) is 0.923. The second kappa shape index (κ2) is 5.59. The molecule has 2 heteroatoms. The zero-order chi connectivity index (χ0) is 7.82. The molecule has 0 fully saturated rings. The molecule has 0 heterocycles. The Morgan fingerprint density at radius 3 is 2.90 bits per heavy atom. The maximum Gasteiger partial charge on any atom is 0.182 e. The van der Waals surface area contributed by atoms with Crippen molar-refractivity contribution >= 4 is 0 Å². The van der Waals surface area contributed by atoms with Gasteiger partial charge in [-0.15, -0.1) is 0 Å². The Bertz CT molecular complexity index is 223. The Morgan fingerprint density at radius 1 is 1.80 bits per heavy atom. The first-order valence-electron chi connectivity index (χ1n) is 2.92. The summed E-state index contributed by atoms with van der Waals surface area (Å²) in [5.74, 6) is 0. The third kappa shape index (κ3) is 3.46. The molecule has 0 amide bonds. The molecule has 0 spiro atoms. The highest BCUT2D eigenvalue weighted by molar-refractivity contribution is 5.24. The monoisotopic (exact) mass is 132 g/mol. The first-order chi connectivity index (χ1) is 4.85. The standard InChI is InChI=1S/C8H8N2/c1-3-8(10-2)6-4-5-7-9/h3-4,6H,5H2,1H3/b6-4-,8-3+. The molecule has 0 N–H and O–H groups in total. The average molecular weight is 132 g/mol. The van der Waals surface area contributed by atoms with Crippen molar-refractivity contribution in [2.45, 2.75) is 13.3 Å². The highest BCUT2D eigenvalue weighted by Gasteiger charge is 1.82. The maximum absolute atomic E-state index is 8.13. The number of hydrogen-bond donors (Lipinski definition) is 0. The first-order valence-corrected chi connectivity index (χ1v) is 2.92. The molecule has 0 rings (SSSR count). The van der Waals surface area contributed by atoms with Crippen molar-refractivity contribution in [2.75, 3.05) is 0 Å². The van der Waals surface area contributed by atoms with E-state index in [9.17, 15) is 0 Å². The lowest BCUT2D eigenvalue weighted by Gasteiger charge is -1.80. The summed E-state index contributed by atoms with van der Waals surface area (Å²) in [6.45, 7) is 8.41. The summed E-state index contributed by atoms with van der Waals surface area (Å²) in [6, 6.07) is 1.95. The van der Waals surface area contributed by atoms with Crippen molar-refractivity contribution in [3.05, 3.63) is 35.3 Å². The number of hydrogen-bond acceptors (Lipinski definition) is 1. The third-order valence-electron chi connectivity index (χ3n) is 0.923. The molecule has 10 heavy (non-hydrogen) atoms. The van der Waals surface area contributed by atoms with Gasteiger partial charge in [-0.1, -0.05) is 25.2 Å². The van der Waals surface area contributed by atoms with Crippen LogP contribution in [-0.4, -0.2) is 0 Å². The Labute approximate surface area is 60.9 Å². The van der Waals surface area contributed by atoms with Gasteiger partial charge in [-0.05, 0) is 0 Å². The molecule has 0 aliphatic heterocycles. The van der Waals surface area contributed by atoms with Crippen LogP contribution in [0.3, 0.4) is 0 Å². The second-order valence-electron chi connectivity index (χ2n) is 1.59. The Balaban J connectivity index is 3.92. The topological polar surface area (TPSA) is 28.1 Å². The average Bonchev–Trinajstić information content (AvgIpc) is 1.99. The minimum atomic E-state index is 0.368. The second-order valence-corrected chi connectivity index (χ2v) is 1.59. The highest BCUT2D eigenvalue weighted by atomic mass is 14.6. The summed E-state index contributed by atoms with van der Waals surface area (Å²) in [5, 5.41) is 8.13. The minimum absolute atomic E-state index is 0.368. The van der Waals surface area contributed by atoms with E-state index >= 15 is 0 Å². The molecule has 0 aliphatic rings. The first kappa shape index (κ1) is 8.46. The van der Waals surface area contributed by atoms with Gasteiger partial charge in [0.05, 0.1) is 19.1 Å². The summed E-state index contributed by atoms with van der Waals surface area (Å²) in [7, 11) is 0. The van der Waals surface area contributed by atoms with Crippen LogP contribution in [-0.2, 0) is 0 Å². The van der Waals surface area contributed by atoms with Gasteiger partial charge in [0.2, 0.25) is 0 Å². The fraction of sp³-hybridized carbons (Fsp3) is 0.250. The molecular weight excluding hydrogens is 124 g/mol. The Hall–Kier alpha value is -1.54. The van der Waals surface area contributed by atoms with Crippen LogP contribution < -0.4 is 0 Å². The van der Waals surface area contributed by atoms with Gasteiger partial charge in [-0.2, -0.15) is 5.26 Å². The van der Waals surface area contributed by atoms with Gasteiger partial charge in [0.1, 0.15) is 0 Å². The summed E-state index contributed by atoms with van der Waals surface area (Å²) < 4.78 is 0. The molecule has 0 unspecified atom stereocenters. The van der Waals surface area contributed by atoms with E-state index in [0.717, 1.165) is 0 Å². The molecule has 0 radical (unpaired) electrons. The van der Waals surface area contributed by atoms with E-state index in [0.29, 0.717) is 12.1 Å². The number of nitriles is 1. The van der Waals surface area contributed by atoms with Gasteiger partial charge in [0.25, 0.3) is 0 Å². The van der Waals surface area contributed by atoms with Crippen LogP contribution in [0.15, 0.2) is 23.9 Å². The molecule has 0 aromatic carbocycles. The zero-order valence-electron chi connectivity index (χ0n) is 5.83. The van der Waals surface area contributed by atoms with Gasteiger partial charge in [-0.25, -0.2) is 4.85 Å². The quantitative estimate of drug-likeness (QED) is 0.418. The number of nitrogens with zero attached hydrogens (tertiary/aromatic N) is 2. The van der Waals surface area contributed by atoms with E-state index < -0.39 is 0 Å². The smallest absolute Gasteiger partial charge is 0.182 e. The highest BCUT2D eigenvalue weighted by Crippen LogP contribution is 1.97. The van der Waals surface area contributed by atoms with Crippen molar-refractivity contribution < 1.29 is 0 Å². The van der Waals surface area contributed by atoms with E-state index in [2.05, 4.69) is 4.85 Å². The largest absolute Gasteiger partial charge is 0.239 e. The number of rotatable bonds is 2. The lowest BCUT2D eigenvalue weighted by molar-refractivity contribution is 1.35. The Morgan fingerprint density at radius 2 is 2.50 bits per heavy atom. The number of allylic oxidation sites excluding steroid dienone is 3. The predicted molar refractivity (Wildman–Crippen MR) is 39.7 cm³/mol. The molecule has 0 saturated heterocycles. The van der Waals surface area contributed by atoms with Crippen molar-refractivity contribution in [2.24, 2.45) is 0 Å². The van der Waals surface area contributed by atoms with E-state index in [1.54, 1.807) is 25.2 Å². The molecule has 0 saturated carbocycles. The molecule has 0 bridgehead atoms. The normalized spacial score (nSPS) is 10.9. The minimum Gasteiger partial charge on any atom is -0.239 e. The van der Waals surface area contributed by atoms with Crippen molar-refractivity contribution in [1.29, 1.82) is 5.26 Å². The van der Waals surface area contributed by atoms with Gasteiger partial charge >= 0.3 is 0 Å². The van der Waals surface area contributed by atoms with Gasteiger partial charge in [-0.3, -0.25) is 0 Å². The van der Waals surface area contributed by atoms with Gasteiger partial charge < -0.3 is 0 Å². The molecule has 50 valence electrons.